The molecule has 1 aromatic heterocycles. The van der Waals surface area contributed by atoms with Crippen molar-refractivity contribution in [1.82, 2.24) is 9.88 Å². The molecule has 1 atom stereocenters. The Morgan fingerprint density at radius 3 is 2.61 bits per heavy atom. The SMILES string of the molecule is CCCCN1C(=O)C(=O)/C(=C(/O)c2cc(OC)ccc2Cl)C1c1ccncc1. The number of amides is 1. The number of ketones is 1. The molecule has 1 saturated heterocycles. The number of carbonyl (C=O) groups is 2. The van der Waals surface area contributed by atoms with Crippen LogP contribution >= 0.6 is 11.6 Å². The molecule has 28 heavy (non-hydrogen) atoms. The Bertz CT molecular complexity index is 927. The average Bonchev–Trinajstić information content (AvgIpc) is 2.97. The predicted octanol–water partition coefficient (Wildman–Crippen LogP) is 3.97. The van der Waals surface area contributed by atoms with Crippen LogP contribution in [0.3, 0.4) is 0 Å². The minimum atomic E-state index is -0.727. The van der Waals surface area contributed by atoms with Gasteiger partial charge in [-0.05, 0) is 42.3 Å². The fourth-order valence-corrected chi connectivity index (χ4v) is 3.50. The monoisotopic (exact) mass is 400 g/mol. The van der Waals surface area contributed by atoms with Gasteiger partial charge in [0.05, 0.1) is 23.7 Å². The van der Waals surface area contributed by atoms with Gasteiger partial charge in [0.1, 0.15) is 11.5 Å². The van der Waals surface area contributed by atoms with E-state index in [2.05, 4.69) is 4.98 Å². The van der Waals surface area contributed by atoms with E-state index < -0.39 is 17.7 Å². The largest absolute Gasteiger partial charge is 0.507 e. The first-order valence-corrected chi connectivity index (χ1v) is 9.39. The number of nitrogens with zero attached hydrogens (tertiary/aromatic N) is 2. The molecule has 1 amide bonds. The lowest BCUT2D eigenvalue weighted by Crippen LogP contribution is -2.30. The van der Waals surface area contributed by atoms with E-state index in [0.29, 0.717) is 17.9 Å². The van der Waals surface area contributed by atoms with Crippen LogP contribution in [0, 0.1) is 0 Å². The van der Waals surface area contributed by atoms with E-state index >= 15 is 0 Å². The van der Waals surface area contributed by atoms with Crippen molar-refractivity contribution in [2.75, 3.05) is 13.7 Å². The summed E-state index contributed by atoms with van der Waals surface area (Å²) in [4.78, 5) is 31.1. The van der Waals surface area contributed by atoms with Crippen LogP contribution in [0.15, 0.2) is 48.3 Å². The number of rotatable bonds is 6. The zero-order valence-corrected chi connectivity index (χ0v) is 16.4. The van der Waals surface area contributed by atoms with Crippen LogP contribution in [-0.4, -0.2) is 40.3 Å². The maximum absolute atomic E-state index is 12.8. The maximum Gasteiger partial charge on any atom is 0.295 e. The first-order chi connectivity index (χ1) is 13.5. The fourth-order valence-electron chi connectivity index (χ4n) is 3.29. The Hall–Kier alpha value is -2.86. The van der Waals surface area contributed by atoms with Gasteiger partial charge in [-0.3, -0.25) is 14.6 Å². The Kier molecular flexibility index (Phi) is 5.99. The molecule has 0 radical (unpaired) electrons. The zero-order chi connectivity index (χ0) is 20.3. The molecule has 1 aromatic carbocycles. The van der Waals surface area contributed by atoms with E-state index in [-0.39, 0.29) is 21.9 Å². The minimum absolute atomic E-state index is 0.0162. The van der Waals surface area contributed by atoms with Crippen molar-refractivity contribution in [2.45, 2.75) is 25.8 Å². The number of aromatic nitrogens is 1. The van der Waals surface area contributed by atoms with Crippen LogP contribution in [0.1, 0.15) is 36.9 Å². The second-order valence-electron chi connectivity index (χ2n) is 6.47. The van der Waals surface area contributed by atoms with Crippen molar-refractivity contribution < 1.29 is 19.4 Å². The molecule has 2 aromatic rings. The van der Waals surface area contributed by atoms with Crippen molar-refractivity contribution in [3.05, 3.63) is 64.4 Å². The number of aliphatic hydroxyl groups is 1. The van der Waals surface area contributed by atoms with Gasteiger partial charge < -0.3 is 14.7 Å². The lowest BCUT2D eigenvalue weighted by Gasteiger charge is -2.25. The molecule has 0 saturated carbocycles. The summed E-state index contributed by atoms with van der Waals surface area (Å²) in [5, 5.41) is 11.3. The van der Waals surface area contributed by atoms with E-state index in [1.54, 1.807) is 42.7 Å². The van der Waals surface area contributed by atoms with Crippen LogP contribution in [0.5, 0.6) is 5.75 Å². The molecule has 1 N–H and O–H groups in total. The Balaban J connectivity index is 2.19. The van der Waals surface area contributed by atoms with Gasteiger partial charge in [-0.15, -0.1) is 0 Å². The van der Waals surface area contributed by atoms with Gasteiger partial charge in [0, 0.05) is 24.5 Å². The smallest absolute Gasteiger partial charge is 0.295 e. The van der Waals surface area contributed by atoms with Gasteiger partial charge in [0.2, 0.25) is 0 Å². The summed E-state index contributed by atoms with van der Waals surface area (Å²) < 4.78 is 5.19. The van der Waals surface area contributed by atoms with Gasteiger partial charge in [-0.1, -0.05) is 24.9 Å². The molecule has 2 heterocycles. The van der Waals surface area contributed by atoms with Crippen LogP contribution in [0.4, 0.5) is 0 Å². The molecule has 1 unspecified atom stereocenters. The van der Waals surface area contributed by atoms with E-state index in [1.807, 2.05) is 6.92 Å². The summed E-state index contributed by atoms with van der Waals surface area (Å²) in [7, 11) is 1.49. The molecule has 146 valence electrons. The average molecular weight is 401 g/mol. The highest BCUT2D eigenvalue weighted by atomic mass is 35.5. The number of hydrogen-bond acceptors (Lipinski definition) is 5. The van der Waals surface area contributed by atoms with Crippen molar-refractivity contribution in [1.29, 1.82) is 0 Å². The van der Waals surface area contributed by atoms with Crippen molar-refractivity contribution in [2.24, 2.45) is 0 Å². The normalized spacial score (nSPS) is 18.5. The molecule has 0 aliphatic carbocycles. The fraction of sp³-hybridized carbons (Fsp3) is 0.286. The second-order valence-corrected chi connectivity index (χ2v) is 6.88. The second kappa shape index (κ2) is 8.44. The summed E-state index contributed by atoms with van der Waals surface area (Å²) in [5.41, 5.74) is 0.960. The van der Waals surface area contributed by atoms with Crippen molar-refractivity contribution >= 4 is 29.1 Å². The summed E-state index contributed by atoms with van der Waals surface area (Å²) in [6, 6.07) is 7.53. The molecule has 1 fully saturated rings. The highest BCUT2D eigenvalue weighted by Crippen LogP contribution is 2.41. The summed E-state index contributed by atoms with van der Waals surface area (Å²) in [6.45, 7) is 2.42. The molecular weight excluding hydrogens is 380 g/mol. The number of aliphatic hydroxyl groups excluding tert-OH is 1. The molecule has 0 bridgehead atoms. The summed E-state index contributed by atoms with van der Waals surface area (Å²) in [6.07, 6.45) is 4.80. The third-order valence-electron chi connectivity index (χ3n) is 4.74. The quantitative estimate of drug-likeness (QED) is 0.451. The molecule has 6 nitrogen and oxygen atoms in total. The van der Waals surface area contributed by atoms with Crippen LogP contribution in [0.2, 0.25) is 5.02 Å². The molecule has 1 aliphatic rings. The molecule has 0 spiro atoms. The van der Waals surface area contributed by atoms with Gasteiger partial charge in [-0.2, -0.15) is 0 Å². The predicted molar refractivity (Wildman–Crippen MR) is 106 cm³/mol. The number of pyridine rings is 1. The third kappa shape index (κ3) is 3.60. The topological polar surface area (TPSA) is 79.7 Å². The zero-order valence-electron chi connectivity index (χ0n) is 15.7. The molecular formula is C21H21ClN2O4. The maximum atomic E-state index is 12.8. The Morgan fingerprint density at radius 1 is 1.25 bits per heavy atom. The van der Waals surface area contributed by atoms with E-state index in [4.69, 9.17) is 16.3 Å². The Labute approximate surface area is 168 Å². The van der Waals surface area contributed by atoms with Gasteiger partial charge in [0.25, 0.3) is 11.7 Å². The van der Waals surface area contributed by atoms with Crippen LogP contribution in [-0.2, 0) is 9.59 Å². The first-order valence-electron chi connectivity index (χ1n) is 9.01. The molecule has 1 aliphatic heterocycles. The van der Waals surface area contributed by atoms with Gasteiger partial charge in [-0.25, -0.2) is 0 Å². The highest BCUT2D eigenvalue weighted by Gasteiger charge is 2.45. The highest BCUT2D eigenvalue weighted by molar-refractivity contribution is 6.47. The standard InChI is InChI=1S/C21H21ClN2O4/c1-3-4-11-24-18(13-7-9-23-10-8-13)17(20(26)21(24)27)19(25)15-12-14(28-2)5-6-16(15)22/h5-10,12,18,25H,3-4,11H2,1-2H3/b19-17+. The van der Waals surface area contributed by atoms with E-state index in [1.165, 1.54) is 12.0 Å². The van der Waals surface area contributed by atoms with Crippen molar-refractivity contribution in [3.63, 3.8) is 0 Å². The molecule has 3 rings (SSSR count). The lowest BCUT2D eigenvalue weighted by atomic mass is 9.95. The number of halogens is 1. The minimum Gasteiger partial charge on any atom is -0.507 e. The number of likely N-dealkylation sites (tertiary alicyclic amines) is 1. The van der Waals surface area contributed by atoms with E-state index in [9.17, 15) is 14.7 Å². The Morgan fingerprint density at radius 2 is 1.96 bits per heavy atom. The number of benzene rings is 1. The number of unbranched alkanes of at least 4 members (excludes halogenated alkanes) is 1. The summed E-state index contributed by atoms with van der Waals surface area (Å²) >= 11 is 6.25. The van der Waals surface area contributed by atoms with Gasteiger partial charge in [0.15, 0.2) is 0 Å². The van der Waals surface area contributed by atoms with Crippen molar-refractivity contribution in [3.8, 4) is 5.75 Å². The number of carbonyl (C=O) groups excluding carboxylic acids is 2. The molecule has 7 heteroatoms. The lowest BCUT2D eigenvalue weighted by molar-refractivity contribution is -0.139. The number of methoxy groups -OCH3 is 1. The van der Waals surface area contributed by atoms with Crippen LogP contribution in [0.25, 0.3) is 5.76 Å². The number of Topliss-reactive ketones (excluding diaryl/α,β-unsaturated/α-hetero) is 1. The first kappa shape index (κ1) is 19.9. The van der Waals surface area contributed by atoms with E-state index in [0.717, 1.165) is 12.8 Å². The number of ether oxygens (including phenoxy) is 1. The third-order valence-corrected chi connectivity index (χ3v) is 5.07. The summed E-state index contributed by atoms with van der Waals surface area (Å²) in [5.74, 6) is -1.19. The van der Waals surface area contributed by atoms with Gasteiger partial charge >= 0.3 is 0 Å². The number of hydrogen-bond donors (Lipinski definition) is 1. The van der Waals surface area contributed by atoms with Crippen LogP contribution < -0.4 is 4.74 Å².